The zero-order valence-electron chi connectivity index (χ0n) is 6.31. The average Bonchev–Trinajstić information content (AvgIpc) is 2.03. The Hall–Kier alpha value is -0.660. The van der Waals surface area contributed by atoms with Crippen LogP contribution in [0.4, 0.5) is 0 Å². The number of halogens is 2. The van der Waals surface area contributed by atoms with Crippen LogP contribution < -0.4 is 4.74 Å². The SMILES string of the molecule is C=CCOc1ccc(Cl)[c]c1Cl. The zero-order valence-corrected chi connectivity index (χ0v) is 7.82. The van der Waals surface area contributed by atoms with Crippen molar-refractivity contribution in [2.24, 2.45) is 0 Å². The minimum Gasteiger partial charge on any atom is -0.488 e. The van der Waals surface area contributed by atoms with E-state index in [-0.39, 0.29) is 0 Å². The maximum absolute atomic E-state index is 5.77. The first-order valence-electron chi connectivity index (χ1n) is 3.35. The molecule has 12 heavy (non-hydrogen) atoms. The molecule has 1 nitrogen and oxygen atoms in total. The number of hydrogen-bond donors (Lipinski definition) is 0. The van der Waals surface area contributed by atoms with Crippen molar-refractivity contribution in [2.75, 3.05) is 6.61 Å². The third-order valence-corrected chi connectivity index (χ3v) is 1.68. The van der Waals surface area contributed by atoms with Crippen LogP contribution in [0.2, 0.25) is 10.0 Å². The molecule has 0 saturated carbocycles. The second-order valence-corrected chi connectivity index (χ2v) is 2.87. The molecule has 0 aromatic heterocycles. The Kier molecular flexibility index (Phi) is 3.45. The van der Waals surface area contributed by atoms with E-state index >= 15 is 0 Å². The van der Waals surface area contributed by atoms with E-state index in [0.29, 0.717) is 22.4 Å². The third kappa shape index (κ3) is 2.43. The van der Waals surface area contributed by atoms with E-state index in [2.05, 4.69) is 12.6 Å². The van der Waals surface area contributed by atoms with Crippen molar-refractivity contribution in [1.82, 2.24) is 0 Å². The van der Waals surface area contributed by atoms with E-state index in [1.165, 1.54) is 0 Å². The van der Waals surface area contributed by atoms with Crippen LogP contribution in [0.3, 0.4) is 0 Å². The summed E-state index contributed by atoms with van der Waals surface area (Å²) < 4.78 is 5.20. The lowest BCUT2D eigenvalue weighted by Crippen LogP contribution is -1.92. The van der Waals surface area contributed by atoms with Gasteiger partial charge in [-0.3, -0.25) is 0 Å². The highest BCUT2D eigenvalue weighted by atomic mass is 35.5. The third-order valence-electron chi connectivity index (χ3n) is 1.18. The Morgan fingerprint density at radius 1 is 1.50 bits per heavy atom. The van der Waals surface area contributed by atoms with Crippen molar-refractivity contribution in [3.8, 4) is 5.75 Å². The lowest BCUT2D eigenvalue weighted by molar-refractivity contribution is 0.363. The highest BCUT2D eigenvalue weighted by Crippen LogP contribution is 2.26. The van der Waals surface area contributed by atoms with Crippen molar-refractivity contribution >= 4 is 23.2 Å². The quantitative estimate of drug-likeness (QED) is 0.682. The van der Waals surface area contributed by atoms with Gasteiger partial charge in [-0.05, 0) is 12.1 Å². The fraction of sp³-hybridized carbons (Fsp3) is 0.111. The van der Waals surface area contributed by atoms with Crippen LogP contribution in [0, 0.1) is 6.07 Å². The molecule has 0 spiro atoms. The Morgan fingerprint density at radius 2 is 2.25 bits per heavy atom. The van der Waals surface area contributed by atoms with Gasteiger partial charge >= 0.3 is 0 Å². The number of ether oxygens (including phenoxy) is 1. The van der Waals surface area contributed by atoms with Gasteiger partial charge in [0, 0.05) is 6.07 Å². The van der Waals surface area contributed by atoms with Gasteiger partial charge in [0.2, 0.25) is 0 Å². The molecule has 0 saturated heterocycles. The molecule has 1 aromatic rings. The summed E-state index contributed by atoms with van der Waals surface area (Å²) in [5, 5.41) is 0.871. The molecule has 1 rings (SSSR count). The first kappa shape index (κ1) is 9.43. The summed E-state index contributed by atoms with van der Waals surface area (Å²) in [5.41, 5.74) is 0. The number of rotatable bonds is 3. The van der Waals surface area contributed by atoms with Crippen molar-refractivity contribution in [1.29, 1.82) is 0 Å². The summed E-state index contributed by atoms with van der Waals surface area (Å²) in [6.07, 6.45) is 1.64. The van der Waals surface area contributed by atoms with E-state index in [1.54, 1.807) is 18.2 Å². The van der Waals surface area contributed by atoms with Crippen molar-refractivity contribution < 1.29 is 4.74 Å². The van der Waals surface area contributed by atoms with Gasteiger partial charge in [0.15, 0.2) is 0 Å². The van der Waals surface area contributed by atoms with Gasteiger partial charge in [-0.25, -0.2) is 0 Å². The second kappa shape index (κ2) is 4.39. The van der Waals surface area contributed by atoms with Gasteiger partial charge in [-0.1, -0.05) is 35.9 Å². The molecule has 1 radical (unpaired) electrons. The average molecular weight is 202 g/mol. The highest BCUT2D eigenvalue weighted by molar-refractivity contribution is 6.35. The normalized spacial score (nSPS) is 9.50. The van der Waals surface area contributed by atoms with E-state index in [1.807, 2.05) is 0 Å². The van der Waals surface area contributed by atoms with Crippen LogP contribution in [0.5, 0.6) is 5.75 Å². The monoisotopic (exact) mass is 201 g/mol. The number of benzene rings is 1. The molecule has 1 aromatic carbocycles. The van der Waals surface area contributed by atoms with Crippen LogP contribution in [0.25, 0.3) is 0 Å². The maximum Gasteiger partial charge on any atom is 0.139 e. The Bertz CT molecular complexity index is 284. The summed E-state index contributed by atoms with van der Waals surface area (Å²) >= 11 is 11.4. The Labute approximate surface area is 81.6 Å². The van der Waals surface area contributed by atoms with E-state index in [4.69, 9.17) is 27.9 Å². The molecule has 63 valence electrons. The van der Waals surface area contributed by atoms with Crippen LogP contribution >= 0.6 is 23.2 Å². The molecular formula is C9H7Cl2O. The Morgan fingerprint density at radius 3 is 2.83 bits per heavy atom. The molecule has 0 fully saturated rings. The van der Waals surface area contributed by atoms with E-state index in [0.717, 1.165) is 0 Å². The summed E-state index contributed by atoms with van der Waals surface area (Å²) in [4.78, 5) is 0. The smallest absolute Gasteiger partial charge is 0.139 e. The first-order chi connectivity index (χ1) is 5.74. The van der Waals surface area contributed by atoms with Gasteiger partial charge < -0.3 is 4.74 Å². The minimum atomic E-state index is 0.393. The molecule has 0 unspecified atom stereocenters. The predicted molar refractivity (Wildman–Crippen MR) is 51.0 cm³/mol. The zero-order chi connectivity index (χ0) is 8.97. The molecule has 0 aliphatic carbocycles. The minimum absolute atomic E-state index is 0.393. The van der Waals surface area contributed by atoms with E-state index in [9.17, 15) is 0 Å². The molecule has 0 aliphatic rings. The lowest BCUT2D eigenvalue weighted by atomic mass is 10.3. The molecule has 0 atom stereocenters. The van der Waals surface area contributed by atoms with Crippen LogP contribution in [-0.4, -0.2) is 6.61 Å². The summed E-state index contributed by atoms with van der Waals surface area (Å²) in [5.74, 6) is 0.570. The van der Waals surface area contributed by atoms with Gasteiger partial charge in [-0.2, -0.15) is 0 Å². The standard InChI is InChI=1S/C9H7Cl2O/c1-2-5-12-9-4-3-7(10)6-8(9)11/h2-4H,1,5H2. The van der Waals surface area contributed by atoms with Crippen molar-refractivity contribution in [3.63, 3.8) is 0 Å². The molecular weight excluding hydrogens is 195 g/mol. The van der Waals surface area contributed by atoms with Gasteiger partial charge in [0.05, 0.1) is 10.0 Å². The largest absolute Gasteiger partial charge is 0.488 e. The summed E-state index contributed by atoms with van der Waals surface area (Å²) in [7, 11) is 0. The fourth-order valence-electron chi connectivity index (χ4n) is 0.690. The highest BCUT2D eigenvalue weighted by Gasteiger charge is 2.00. The summed E-state index contributed by atoms with van der Waals surface area (Å²) in [6.45, 7) is 3.94. The molecule has 3 heteroatoms. The topological polar surface area (TPSA) is 9.23 Å². The van der Waals surface area contributed by atoms with Crippen LogP contribution in [0.15, 0.2) is 24.8 Å². The lowest BCUT2D eigenvalue weighted by Gasteiger charge is -2.04. The van der Waals surface area contributed by atoms with Gasteiger partial charge in [0.1, 0.15) is 12.4 Å². The van der Waals surface area contributed by atoms with Crippen LogP contribution in [0.1, 0.15) is 0 Å². The van der Waals surface area contributed by atoms with Crippen molar-refractivity contribution in [3.05, 3.63) is 40.9 Å². The maximum atomic E-state index is 5.77. The first-order valence-corrected chi connectivity index (χ1v) is 4.10. The molecule has 0 heterocycles. The molecule has 0 aliphatic heterocycles. The van der Waals surface area contributed by atoms with Crippen molar-refractivity contribution in [2.45, 2.75) is 0 Å². The second-order valence-electron chi connectivity index (χ2n) is 2.08. The van der Waals surface area contributed by atoms with E-state index < -0.39 is 0 Å². The number of hydrogen-bond acceptors (Lipinski definition) is 1. The molecule has 0 amide bonds. The predicted octanol–water partition coefficient (Wildman–Crippen LogP) is 3.36. The Balaban J connectivity index is 2.78. The van der Waals surface area contributed by atoms with Gasteiger partial charge in [-0.15, -0.1) is 0 Å². The van der Waals surface area contributed by atoms with Crippen LogP contribution in [-0.2, 0) is 0 Å². The fourth-order valence-corrected chi connectivity index (χ4v) is 1.12. The summed E-state index contributed by atoms with van der Waals surface area (Å²) in [6, 6.07) is 6.09. The van der Waals surface area contributed by atoms with Gasteiger partial charge in [0.25, 0.3) is 0 Å². The molecule has 0 N–H and O–H groups in total. The molecule has 0 bridgehead atoms.